The largest absolute Gasteiger partial charge is 0.452 e. The molecular weight excluding hydrogens is 332 g/mol. The molecule has 0 saturated heterocycles. The fraction of sp³-hybridized carbons (Fsp3) is 0.375. The molecule has 130 valence electrons. The van der Waals surface area contributed by atoms with Crippen molar-refractivity contribution in [3.63, 3.8) is 0 Å². The summed E-state index contributed by atoms with van der Waals surface area (Å²) in [6.07, 6.45) is 5.10. The third-order valence-corrected chi connectivity index (χ3v) is 4.61. The average molecular weight is 352 g/mol. The van der Waals surface area contributed by atoms with Crippen LogP contribution in [0, 0.1) is 5.92 Å². The first-order valence-corrected chi connectivity index (χ1v) is 9.11. The Hall–Kier alpha value is -2.19. The number of ether oxygens (including phenoxy) is 1. The molecule has 7 nitrogen and oxygen atoms in total. The molecule has 1 aromatic rings. The van der Waals surface area contributed by atoms with Gasteiger partial charge in [-0.05, 0) is 44.4 Å². The van der Waals surface area contributed by atoms with E-state index in [9.17, 15) is 18.0 Å². The topological polar surface area (TPSA) is 116 Å². The summed E-state index contributed by atoms with van der Waals surface area (Å²) in [4.78, 5) is 24.0. The molecule has 1 aliphatic carbocycles. The van der Waals surface area contributed by atoms with Gasteiger partial charge in [-0.25, -0.2) is 13.6 Å². The van der Waals surface area contributed by atoms with Crippen LogP contribution in [0.3, 0.4) is 0 Å². The van der Waals surface area contributed by atoms with Gasteiger partial charge in [0.25, 0.3) is 5.91 Å². The summed E-state index contributed by atoms with van der Waals surface area (Å²) in [6.45, 7) is 1.47. The van der Waals surface area contributed by atoms with E-state index >= 15 is 0 Å². The molecule has 24 heavy (non-hydrogen) atoms. The van der Waals surface area contributed by atoms with Gasteiger partial charge < -0.3 is 10.1 Å². The first-order chi connectivity index (χ1) is 11.3. The molecule has 1 amide bonds. The van der Waals surface area contributed by atoms with E-state index in [0.717, 1.165) is 6.42 Å². The number of primary sulfonamides is 1. The summed E-state index contributed by atoms with van der Waals surface area (Å²) < 4.78 is 27.8. The van der Waals surface area contributed by atoms with Gasteiger partial charge in [-0.1, -0.05) is 18.2 Å². The summed E-state index contributed by atoms with van der Waals surface area (Å²) in [5.74, 6) is -1.17. The van der Waals surface area contributed by atoms with Crippen LogP contribution in [-0.2, 0) is 24.3 Å². The maximum atomic E-state index is 12.1. The van der Waals surface area contributed by atoms with Gasteiger partial charge in [0, 0.05) is 5.69 Å². The Kier molecular flexibility index (Phi) is 5.74. The predicted octanol–water partition coefficient (Wildman–Crippen LogP) is 1.56. The lowest BCUT2D eigenvalue weighted by Gasteiger charge is -2.19. The highest BCUT2D eigenvalue weighted by atomic mass is 32.2. The van der Waals surface area contributed by atoms with Gasteiger partial charge in [0.1, 0.15) is 0 Å². The molecule has 2 atom stereocenters. The Balaban J connectivity index is 1.96. The lowest BCUT2D eigenvalue weighted by atomic mass is 9.95. The van der Waals surface area contributed by atoms with E-state index in [-0.39, 0.29) is 16.5 Å². The molecule has 0 unspecified atom stereocenters. The molecule has 1 aromatic carbocycles. The number of sulfonamides is 1. The summed E-state index contributed by atoms with van der Waals surface area (Å²) in [5.41, 5.74) is 0.259. The standard InChI is InChI=1S/C16H20N2O5S/c1-11(23-16(20)12-6-3-2-4-7-12)15(19)18-13-8-5-9-14(10-13)24(17,21)22/h2-3,5,8-12H,4,6-7H2,1H3,(H,18,19)(H2,17,21,22)/t11-,12+/m1/s1. The number of hydrogen-bond acceptors (Lipinski definition) is 5. The van der Waals surface area contributed by atoms with Crippen molar-refractivity contribution < 1.29 is 22.7 Å². The van der Waals surface area contributed by atoms with Crippen molar-refractivity contribution in [2.24, 2.45) is 11.1 Å². The van der Waals surface area contributed by atoms with Crippen molar-refractivity contribution in [1.29, 1.82) is 0 Å². The zero-order valence-electron chi connectivity index (χ0n) is 13.3. The summed E-state index contributed by atoms with van der Waals surface area (Å²) in [7, 11) is -3.86. The Bertz CT molecular complexity index is 757. The molecule has 0 heterocycles. The van der Waals surface area contributed by atoms with Crippen LogP contribution in [0.1, 0.15) is 26.2 Å². The van der Waals surface area contributed by atoms with Gasteiger partial charge in [-0.3, -0.25) is 9.59 Å². The van der Waals surface area contributed by atoms with E-state index in [1.54, 1.807) is 0 Å². The quantitative estimate of drug-likeness (QED) is 0.616. The van der Waals surface area contributed by atoms with Crippen LogP contribution < -0.4 is 10.5 Å². The molecule has 0 fully saturated rings. The van der Waals surface area contributed by atoms with Gasteiger partial charge in [0.2, 0.25) is 10.0 Å². The zero-order valence-corrected chi connectivity index (χ0v) is 14.1. The number of rotatable bonds is 5. The van der Waals surface area contributed by atoms with Gasteiger partial charge in [0.15, 0.2) is 6.10 Å². The fourth-order valence-electron chi connectivity index (χ4n) is 2.33. The number of amides is 1. The summed E-state index contributed by atoms with van der Waals surface area (Å²) >= 11 is 0. The Morgan fingerprint density at radius 1 is 1.33 bits per heavy atom. The molecule has 0 saturated carbocycles. The molecule has 0 radical (unpaired) electrons. The minimum atomic E-state index is -3.86. The second kappa shape index (κ2) is 7.59. The maximum absolute atomic E-state index is 12.1. The normalized spacial score (nSPS) is 18.7. The molecule has 2 rings (SSSR count). The summed E-state index contributed by atoms with van der Waals surface area (Å²) in [5, 5.41) is 7.56. The van der Waals surface area contributed by atoms with Crippen molar-refractivity contribution in [3.05, 3.63) is 36.4 Å². The van der Waals surface area contributed by atoms with Crippen LogP contribution >= 0.6 is 0 Å². The Morgan fingerprint density at radius 3 is 2.71 bits per heavy atom. The number of benzene rings is 1. The Labute approximate surface area is 140 Å². The minimum Gasteiger partial charge on any atom is -0.452 e. The number of esters is 1. The molecule has 0 aromatic heterocycles. The monoisotopic (exact) mass is 352 g/mol. The predicted molar refractivity (Wildman–Crippen MR) is 88.5 cm³/mol. The van der Waals surface area contributed by atoms with Crippen LogP contribution in [-0.4, -0.2) is 26.4 Å². The van der Waals surface area contributed by atoms with Crippen molar-refractivity contribution >= 4 is 27.6 Å². The minimum absolute atomic E-state index is 0.112. The van der Waals surface area contributed by atoms with Gasteiger partial charge in [-0.2, -0.15) is 0 Å². The number of hydrogen-bond donors (Lipinski definition) is 2. The van der Waals surface area contributed by atoms with E-state index in [4.69, 9.17) is 9.88 Å². The third kappa shape index (κ3) is 4.90. The molecule has 0 bridgehead atoms. The van der Waals surface area contributed by atoms with Crippen molar-refractivity contribution in [2.45, 2.75) is 37.2 Å². The number of carbonyl (C=O) groups excluding carboxylic acids is 2. The number of anilines is 1. The molecule has 1 aliphatic rings. The fourth-order valence-corrected chi connectivity index (χ4v) is 2.89. The van der Waals surface area contributed by atoms with Gasteiger partial charge in [0.05, 0.1) is 10.8 Å². The lowest BCUT2D eigenvalue weighted by Crippen LogP contribution is -2.32. The zero-order chi connectivity index (χ0) is 17.7. The number of carbonyl (C=O) groups is 2. The van der Waals surface area contributed by atoms with Crippen LogP contribution in [0.25, 0.3) is 0 Å². The summed E-state index contributed by atoms with van der Waals surface area (Å²) in [6, 6.07) is 5.55. The SMILES string of the molecule is C[C@@H](OC(=O)[C@H]1CC=CCC1)C(=O)Nc1cccc(S(N)(=O)=O)c1. The third-order valence-electron chi connectivity index (χ3n) is 3.69. The van der Waals surface area contributed by atoms with E-state index in [1.165, 1.54) is 31.2 Å². The highest BCUT2D eigenvalue weighted by molar-refractivity contribution is 7.89. The molecule has 3 N–H and O–H groups in total. The smallest absolute Gasteiger partial charge is 0.310 e. The second-order valence-electron chi connectivity index (χ2n) is 5.62. The maximum Gasteiger partial charge on any atom is 0.310 e. The van der Waals surface area contributed by atoms with E-state index in [0.29, 0.717) is 12.8 Å². The van der Waals surface area contributed by atoms with Crippen molar-refractivity contribution in [2.75, 3.05) is 5.32 Å². The number of nitrogens with two attached hydrogens (primary N) is 1. The van der Waals surface area contributed by atoms with E-state index < -0.39 is 28.0 Å². The first-order valence-electron chi connectivity index (χ1n) is 7.56. The first kappa shape index (κ1) is 18.2. The van der Waals surface area contributed by atoms with Crippen LogP contribution in [0.4, 0.5) is 5.69 Å². The van der Waals surface area contributed by atoms with Gasteiger partial charge in [-0.15, -0.1) is 0 Å². The molecule has 8 heteroatoms. The van der Waals surface area contributed by atoms with E-state index in [1.807, 2.05) is 12.2 Å². The second-order valence-corrected chi connectivity index (χ2v) is 7.18. The Morgan fingerprint density at radius 2 is 2.08 bits per heavy atom. The number of nitrogens with one attached hydrogen (secondary N) is 1. The number of allylic oxidation sites excluding steroid dienone is 2. The van der Waals surface area contributed by atoms with Crippen molar-refractivity contribution in [1.82, 2.24) is 0 Å². The molecule has 0 spiro atoms. The molecular formula is C16H20N2O5S. The van der Waals surface area contributed by atoms with Gasteiger partial charge >= 0.3 is 5.97 Å². The van der Waals surface area contributed by atoms with Crippen molar-refractivity contribution in [3.8, 4) is 0 Å². The van der Waals surface area contributed by atoms with E-state index in [2.05, 4.69) is 5.32 Å². The lowest BCUT2D eigenvalue weighted by molar-refractivity contribution is -0.157. The highest BCUT2D eigenvalue weighted by Crippen LogP contribution is 2.20. The highest BCUT2D eigenvalue weighted by Gasteiger charge is 2.25. The molecule has 0 aliphatic heterocycles. The van der Waals surface area contributed by atoms with Crippen LogP contribution in [0.5, 0.6) is 0 Å². The van der Waals surface area contributed by atoms with Crippen LogP contribution in [0.2, 0.25) is 0 Å². The average Bonchev–Trinajstić information content (AvgIpc) is 2.55. The van der Waals surface area contributed by atoms with Crippen LogP contribution in [0.15, 0.2) is 41.3 Å².